The van der Waals surface area contributed by atoms with E-state index >= 15 is 0 Å². The number of imide groups is 1. The van der Waals surface area contributed by atoms with Gasteiger partial charge in [0.25, 0.3) is 5.91 Å². The highest BCUT2D eigenvalue weighted by Gasteiger charge is 2.48. The number of amides is 4. The molecule has 2 N–H and O–H groups in total. The van der Waals surface area contributed by atoms with Crippen LogP contribution in [-0.2, 0) is 11.2 Å². The van der Waals surface area contributed by atoms with Gasteiger partial charge in [-0.3, -0.25) is 15.1 Å². The van der Waals surface area contributed by atoms with Crippen molar-refractivity contribution in [1.29, 1.82) is 0 Å². The summed E-state index contributed by atoms with van der Waals surface area (Å²) in [5, 5.41) is 5.23. The van der Waals surface area contributed by atoms with Crippen LogP contribution in [-0.4, -0.2) is 34.1 Å². The van der Waals surface area contributed by atoms with E-state index < -0.39 is 29.1 Å². The van der Waals surface area contributed by atoms with Crippen LogP contribution in [0.25, 0.3) is 0 Å². The molecule has 2 heterocycles. The minimum Gasteiger partial charge on any atom is -0.410 e. The van der Waals surface area contributed by atoms with Gasteiger partial charge in [-0.15, -0.1) is 0 Å². The first-order valence-electron chi connectivity index (χ1n) is 10.5. The summed E-state index contributed by atoms with van der Waals surface area (Å²) < 4.78 is 43.0. The third kappa shape index (κ3) is 5.77. The average Bonchev–Trinajstić information content (AvgIpc) is 3.03. The highest BCUT2D eigenvalue weighted by Crippen LogP contribution is 2.38. The lowest BCUT2D eigenvalue weighted by Crippen LogP contribution is -2.46. The van der Waals surface area contributed by atoms with Gasteiger partial charge in [0.1, 0.15) is 11.3 Å². The van der Waals surface area contributed by atoms with Gasteiger partial charge >= 0.3 is 17.6 Å². The highest BCUT2D eigenvalue weighted by molar-refractivity contribution is 8.00. The van der Waals surface area contributed by atoms with Gasteiger partial charge in [0.05, 0.1) is 17.6 Å². The number of alkyl halides is 3. The second-order valence-corrected chi connectivity index (χ2v) is 9.12. The van der Waals surface area contributed by atoms with Gasteiger partial charge in [-0.05, 0) is 66.7 Å². The Morgan fingerprint density at radius 2 is 1.81 bits per heavy atom. The second-order valence-electron chi connectivity index (χ2n) is 7.98. The summed E-state index contributed by atoms with van der Waals surface area (Å²) in [5.74, 6) is -0.265. The van der Waals surface area contributed by atoms with Gasteiger partial charge in [-0.2, -0.15) is 13.2 Å². The number of nitrogens with zero attached hydrogens (tertiary/aromatic N) is 2. The fourth-order valence-electron chi connectivity index (χ4n) is 3.64. The Morgan fingerprint density at radius 1 is 1.11 bits per heavy atom. The zero-order valence-corrected chi connectivity index (χ0v) is 19.5. The number of hydrogen-bond donors (Lipinski definition) is 2. The zero-order valence-electron chi connectivity index (χ0n) is 18.7. The molecule has 0 aliphatic carbocycles. The number of hydrogen-bond acceptors (Lipinski definition) is 6. The van der Waals surface area contributed by atoms with Gasteiger partial charge in [0.15, 0.2) is 0 Å². The molecule has 1 aromatic heterocycles. The molecule has 0 radical (unpaired) electrons. The van der Waals surface area contributed by atoms with Crippen molar-refractivity contribution in [3.05, 3.63) is 78.6 Å². The van der Waals surface area contributed by atoms with Crippen molar-refractivity contribution in [2.45, 2.75) is 29.3 Å². The first-order chi connectivity index (χ1) is 17.0. The van der Waals surface area contributed by atoms with Crippen molar-refractivity contribution >= 4 is 41.2 Å². The van der Waals surface area contributed by atoms with E-state index in [0.29, 0.717) is 11.3 Å². The Kier molecular flexibility index (Phi) is 6.88. The van der Waals surface area contributed by atoms with Crippen molar-refractivity contribution in [2.24, 2.45) is 0 Å². The van der Waals surface area contributed by atoms with Crippen LogP contribution in [0.2, 0.25) is 0 Å². The van der Waals surface area contributed by atoms with Gasteiger partial charge in [-0.1, -0.05) is 18.2 Å². The van der Waals surface area contributed by atoms with Crippen molar-refractivity contribution in [1.82, 2.24) is 10.3 Å². The number of nitrogens with one attached hydrogen (secondary N) is 2. The number of aromatic nitrogens is 1. The molecule has 4 rings (SSSR count). The number of urea groups is 1. The topological polar surface area (TPSA) is 101 Å². The van der Waals surface area contributed by atoms with Crippen LogP contribution in [0.3, 0.4) is 0 Å². The Hall–Kier alpha value is -4.06. The number of anilines is 2. The molecule has 0 saturated carbocycles. The van der Waals surface area contributed by atoms with Gasteiger partial charge < -0.3 is 10.1 Å². The quantitative estimate of drug-likeness (QED) is 0.338. The van der Waals surface area contributed by atoms with Gasteiger partial charge in [0.2, 0.25) is 0 Å². The molecular weight excluding hydrogens is 497 g/mol. The minimum atomic E-state index is -4.45. The zero-order chi connectivity index (χ0) is 25.9. The normalized spacial score (nSPS) is 17.6. The first kappa shape index (κ1) is 25.0. The Balaban J connectivity index is 1.49. The lowest BCUT2D eigenvalue weighted by Gasteiger charge is -2.23. The van der Waals surface area contributed by atoms with Crippen LogP contribution in [0.5, 0.6) is 5.75 Å². The Labute approximate surface area is 207 Å². The van der Waals surface area contributed by atoms with Crippen LogP contribution in [0.1, 0.15) is 12.5 Å². The molecule has 3 aromatic rings. The van der Waals surface area contributed by atoms with Crippen LogP contribution in [0.4, 0.5) is 34.1 Å². The van der Waals surface area contributed by atoms with Crippen molar-refractivity contribution in [3.8, 4) is 5.75 Å². The van der Waals surface area contributed by atoms with Crippen molar-refractivity contribution in [2.75, 3.05) is 10.2 Å². The van der Waals surface area contributed by atoms with E-state index in [2.05, 4.69) is 15.6 Å². The second kappa shape index (κ2) is 9.90. The molecule has 2 aromatic carbocycles. The predicted molar refractivity (Wildman–Crippen MR) is 127 cm³/mol. The number of para-hydroxylation sites is 1. The lowest BCUT2D eigenvalue weighted by atomic mass is 9.92. The van der Waals surface area contributed by atoms with Crippen LogP contribution in [0, 0.1) is 0 Å². The van der Waals surface area contributed by atoms with Crippen molar-refractivity contribution < 1.29 is 32.3 Å². The molecule has 186 valence electrons. The summed E-state index contributed by atoms with van der Waals surface area (Å²) in [6, 6.07) is 14.2. The van der Waals surface area contributed by atoms with Crippen LogP contribution < -0.4 is 20.3 Å². The molecule has 36 heavy (non-hydrogen) atoms. The number of thioether (sulfide) groups is 1. The number of rotatable bonds is 6. The number of benzene rings is 2. The van der Waals surface area contributed by atoms with Crippen LogP contribution in [0.15, 0.2) is 78.0 Å². The summed E-state index contributed by atoms with van der Waals surface area (Å²) in [4.78, 5) is 43.1. The maximum absolute atomic E-state index is 13.3. The number of pyridine rings is 1. The summed E-state index contributed by atoms with van der Waals surface area (Å²) in [6.45, 7) is 1.52. The predicted octanol–water partition coefficient (Wildman–Crippen LogP) is 5.36. The molecule has 0 spiro atoms. The fraction of sp³-hybridized carbons (Fsp3) is 0.167. The Bertz CT molecular complexity index is 1290. The molecule has 1 aliphatic heterocycles. The van der Waals surface area contributed by atoms with E-state index in [0.717, 1.165) is 4.90 Å². The third-order valence-corrected chi connectivity index (χ3v) is 5.97. The van der Waals surface area contributed by atoms with Crippen molar-refractivity contribution in [3.63, 3.8) is 0 Å². The summed E-state index contributed by atoms with van der Waals surface area (Å²) >= 11 is -0.293. The molecule has 12 heteroatoms. The average molecular weight is 517 g/mol. The lowest BCUT2D eigenvalue weighted by molar-refractivity contribution is -0.121. The van der Waals surface area contributed by atoms with E-state index in [1.165, 1.54) is 43.6 Å². The summed E-state index contributed by atoms with van der Waals surface area (Å²) in [7, 11) is 0. The van der Waals surface area contributed by atoms with Crippen LogP contribution >= 0.6 is 11.8 Å². The highest BCUT2D eigenvalue weighted by atomic mass is 32.2. The maximum Gasteiger partial charge on any atom is 0.446 e. The molecular formula is C24H19F3N4O4S. The minimum absolute atomic E-state index is 0.000444. The van der Waals surface area contributed by atoms with E-state index in [-0.39, 0.29) is 34.5 Å². The third-order valence-electron chi connectivity index (χ3n) is 5.24. The molecule has 1 aliphatic rings. The van der Waals surface area contributed by atoms with E-state index in [1.54, 1.807) is 36.4 Å². The monoisotopic (exact) mass is 516 g/mol. The largest absolute Gasteiger partial charge is 0.446 e. The molecule has 0 bridgehead atoms. The molecule has 8 nitrogen and oxygen atoms in total. The fourth-order valence-corrected chi connectivity index (χ4v) is 4.18. The molecule has 1 unspecified atom stereocenters. The number of halogens is 3. The standard InChI is InChI=1S/C24H19F3N4O4S/c1-23(13-15-11-12-28-14-19(15)29-22(34)35-17-5-3-2-4-6-17)20(32)31(21(33)30-23)16-7-9-18(10-8-16)36-24(25,26)27/h2-12,14H,13H2,1H3,(H,29,34)(H,30,33). The molecule has 4 amide bonds. The molecule has 1 atom stereocenters. The van der Waals surface area contributed by atoms with E-state index in [1.807, 2.05) is 0 Å². The van der Waals surface area contributed by atoms with Gasteiger partial charge in [0, 0.05) is 17.5 Å². The number of carbonyl (C=O) groups excluding carboxylic acids is 3. The SMILES string of the molecule is CC1(Cc2ccncc2NC(=O)Oc2ccccc2)NC(=O)N(c2ccc(SC(F)(F)F)cc2)C1=O. The Morgan fingerprint density at radius 3 is 2.47 bits per heavy atom. The van der Waals surface area contributed by atoms with E-state index in [4.69, 9.17) is 4.74 Å². The molecule has 1 saturated heterocycles. The number of carbonyl (C=O) groups is 3. The summed E-state index contributed by atoms with van der Waals surface area (Å²) in [5.41, 5.74) is -4.92. The van der Waals surface area contributed by atoms with Gasteiger partial charge in [-0.25, -0.2) is 14.5 Å². The summed E-state index contributed by atoms with van der Waals surface area (Å²) in [6.07, 6.45) is 2.10. The van der Waals surface area contributed by atoms with E-state index in [9.17, 15) is 27.6 Å². The maximum atomic E-state index is 13.3. The molecule has 1 fully saturated rings. The smallest absolute Gasteiger partial charge is 0.410 e. The number of ether oxygens (including phenoxy) is 1. The first-order valence-corrected chi connectivity index (χ1v) is 11.3.